The molecular formula is C19H18ClFN8O2. The Morgan fingerprint density at radius 2 is 2.06 bits per heavy atom. The van der Waals surface area contributed by atoms with Crippen LogP contribution in [0.25, 0.3) is 10.9 Å². The summed E-state index contributed by atoms with van der Waals surface area (Å²) in [5, 5.41) is 22.2. The summed E-state index contributed by atoms with van der Waals surface area (Å²) in [6, 6.07) is 3.10. The first-order chi connectivity index (χ1) is 14.7. The Kier molecular flexibility index (Phi) is 5.12. The quantitative estimate of drug-likeness (QED) is 0.469. The zero-order valence-corrected chi connectivity index (χ0v) is 17.1. The molecule has 160 valence electrons. The maximum absolute atomic E-state index is 13.9. The maximum Gasteiger partial charge on any atom is 0.261 e. The number of benzene rings is 1. The van der Waals surface area contributed by atoms with Crippen molar-refractivity contribution >= 4 is 40.1 Å². The van der Waals surface area contributed by atoms with Gasteiger partial charge in [0, 0.05) is 6.04 Å². The largest absolute Gasteiger partial charge is 0.393 e. The molecule has 1 aliphatic rings. The lowest BCUT2D eigenvalue weighted by atomic mass is 9.89. The molecule has 2 heterocycles. The number of nitrogens with two attached hydrogens (primary N) is 2. The van der Waals surface area contributed by atoms with E-state index in [1.165, 1.54) is 4.57 Å². The normalized spacial score (nSPS) is 18.9. The van der Waals surface area contributed by atoms with Crippen LogP contribution in [0.1, 0.15) is 43.2 Å². The van der Waals surface area contributed by atoms with E-state index >= 15 is 0 Å². The van der Waals surface area contributed by atoms with Gasteiger partial charge in [0.2, 0.25) is 5.95 Å². The third-order valence-corrected chi connectivity index (χ3v) is 5.50. The first-order valence-corrected chi connectivity index (χ1v) is 9.76. The number of nitrogens with one attached hydrogen (secondary N) is 1. The van der Waals surface area contributed by atoms with Gasteiger partial charge in [-0.25, -0.2) is 9.37 Å². The molecule has 0 amide bonds. The average Bonchev–Trinajstić information content (AvgIpc) is 2.66. The van der Waals surface area contributed by atoms with Crippen molar-refractivity contribution in [1.82, 2.24) is 19.5 Å². The van der Waals surface area contributed by atoms with Crippen molar-refractivity contribution in [2.45, 2.75) is 38.0 Å². The predicted octanol–water partition coefficient (Wildman–Crippen LogP) is 1.88. The van der Waals surface area contributed by atoms with E-state index in [2.05, 4.69) is 20.3 Å². The molecule has 31 heavy (non-hydrogen) atoms. The molecule has 0 unspecified atom stereocenters. The van der Waals surface area contributed by atoms with Crippen LogP contribution in [0.3, 0.4) is 0 Å². The summed E-state index contributed by atoms with van der Waals surface area (Å²) in [5.41, 5.74) is 11.1. The molecule has 1 atom stereocenters. The van der Waals surface area contributed by atoms with E-state index < -0.39 is 23.5 Å². The number of nitrogens with zero attached hydrogens (tertiary/aromatic N) is 5. The average molecular weight is 445 g/mol. The number of nitrogen functional groups attached to an aromatic ring is 2. The number of nitriles is 1. The molecule has 12 heteroatoms. The van der Waals surface area contributed by atoms with E-state index in [-0.39, 0.29) is 50.9 Å². The summed E-state index contributed by atoms with van der Waals surface area (Å²) in [7, 11) is 0. The fourth-order valence-corrected chi connectivity index (χ4v) is 3.90. The Labute approximate surface area is 180 Å². The SMILES string of the molecule is C[C@H](Nc1nc(N)nc(N)c1C#N)c1nc2c(Cl)cc(F)cc2c(=O)n1[C@H]1C[C@@H](O)C1. The highest BCUT2D eigenvalue weighted by Gasteiger charge is 2.33. The molecule has 0 spiro atoms. The molecule has 1 aliphatic carbocycles. The van der Waals surface area contributed by atoms with Gasteiger partial charge in [-0.1, -0.05) is 11.6 Å². The fourth-order valence-electron chi connectivity index (χ4n) is 3.65. The predicted molar refractivity (Wildman–Crippen MR) is 113 cm³/mol. The molecule has 1 fully saturated rings. The monoisotopic (exact) mass is 444 g/mol. The lowest BCUT2D eigenvalue weighted by Gasteiger charge is -2.35. The van der Waals surface area contributed by atoms with Crippen molar-refractivity contribution in [3.05, 3.63) is 44.7 Å². The summed E-state index contributed by atoms with van der Waals surface area (Å²) in [5.74, 6) is -0.506. The van der Waals surface area contributed by atoms with Crippen LogP contribution >= 0.6 is 11.6 Å². The lowest BCUT2D eigenvalue weighted by molar-refractivity contribution is 0.0454. The Morgan fingerprint density at radius 1 is 1.35 bits per heavy atom. The van der Waals surface area contributed by atoms with Crippen LogP contribution in [0.5, 0.6) is 0 Å². The number of fused-ring (bicyclic) bond motifs is 1. The van der Waals surface area contributed by atoms with E-state index in [0.717, 1.165) is 12.1 Å². The molecule has 0 bridgehead atoms. The molecular weight excluding hydrogens is 427 g/mol. The molecule has 0 saturated heterocycles. The van der Waals surface area contributed by atoms with Crippen LogP contribution in [0.4, 0.5) is 22.0 Å². The molecule has 1 aromatic carbocycles. The van der Waals surface area contributed by atoms with Gasteiger partial charge in [-0.3, -0.25) is 9.36 Å². The van der Waals surface area contributed by atoms with E-state index in [0.29, 0.717) is 12.8 Å². The molecule has 4 rings (SSSR count). The molecule has 0 radical (unpaired) electrons. The third kappa shape index (κ3) is 3.60. The summed E-state index contributed by atoms with van der Waals surface area (Å²) < 4.78 is 15.3. The van der Waals surface area contributed by atoms with Gasteiger partial charge in [0.15, 0.2) is 5.82 Å². The lowest BCUT2D eigenvalue weighted by Crippen LogP contribution is -2.40. The Hall–Kier alpha value is -3.49. The van der Waals surface area contributed by atoms with Crippen molar-refractivity contribution < 1.29 is 9.50 Å². The first-order valence-electron chi connectivity index (χ1n) is 9.38. The zero-order chi connectivity index (χ0) is 22.4. The van der Waals surface area contributed by atoms with Crippen molar-refractivity contribution in [1.29, 1.82) is 5.26 Å². The van der Waals surface area contributed by atoms with E-state index in [1.54, 1.807) is 6.92 Å². The Bertz CT molecular complexity index is 1300. The molecule has 3 aromatic rings. The summed E-state index contributed by atoms with van der Waals surface area (Å²) in [6.07, 6.45) is 0.172. The van der Waals surface area contributed by atoms with Gasteiger partial charge in [0.25, 0.3) is 5.56 Å². The topological polar surface area (TPSA) is 169 Å². The smallest absolute Gasteiger partial charge is 0.261 e. The van der Waals surface area contributed by atoms with Gasteiger partial charge >= 0.3 is 0 Å². The minimum Gasteiger partial charge on any atom is -0.393 e. The van der Waals surface area contributed by atoms with Gasteiger partial charge < -0.3 is 21.9 Å². The van der Waals surface area contributed by atoms with Gasteiger partial charge in [-0.05, 0) is 31.9 Å². The van der Waals surface area contributed by atoms with Crippen molar-refractivity contribution in [3.8, 4) is 6.07 Å². The van der Waals surface area contributed by atoms with Gasteiger partial charge in [-0.2, -0.15) is 15.2 Å². The second-order valence-corrected chi connectivity index (χ2v) is 7.78. The van der Waals surface area contributed by atoms with Crippen LogP contribution in [-0.2, 0) is 0 Å². The second kappa shape index (κ2) is 7.64. The number of rotatable bonds is 4. The second-order valence-electron chi connectivity index (χ2n) is 7.38. The third-order valence-electron chi connectivity index (χ3n) is 5.21. The van der Waals surface area contributed by atoms with Crippen molar-refractivity contribution in [2.24, 2.45) is 0 Å². The highest BCUT2D eigenvalue weighted by atomic mass is 35.5. The van der Waals surface area contributed by atoms with Crippen LogP contribution < -0.4 is 22.3 Å². The van der Waals surface area contributed by atoms with Crippen LogP contribution in [0, 0.1) is 17.1 Å². The Morgan fingerprint density at radius 3 is 2.71 bits per heavy atom. The molecule has 0 aliphatic heterocycles. The number of hydrogen-bond acceptors (Lipinski definition) is 9. The summed E-state index contributed by atoms with van der Waals surface area (Å²) in [4.78, 5) is 25.6. The number of aromatic nitrogens is 4. The van der Waals surface area contributed by atoms with Gasteiger partial charge in [0.1, 0.15) is 29.1 Å². The van der Waals surface area contributed by atoms with E-state index in [9.17, 15) is 19.6 Å². The number of hydrogen-bond donors (Lipinski definition) is 4. The number of anilines is 3. The fraction of sp³-hybridized carbons (Fsp3) is 0.316. The van der Waals surface area contributed by atoms with E-state index in [1.807, 2.05) is 6.07 Å². The van der Waals surface area contributed by atoms with E-state index in [4.69, 9.17) is 23.1 Å². The van der Waals surface area contributed by atoms with Crippen molar-refractivity contribution in [2.75, 3.05) is 16.8 Å². The van der Waals surface area contributed by atoms with Gasteiger partial charge in [0.05, 0.1) is 28.1 Å². The summed E-state index contributed by atoms with van der Waals surface area (Å²) in [6.45, 7) is 1.70. The molecule has 1 saturated carbocycles. The van der Waals surface area contributed by atoms with Crippen LogP contribution in [-0.4, -0.2) is 30.7 Å². The molecule has 2 aromatic heterocycles. The number of aliphatic hydroxyl groups is 1. The Balaban J connectivity index is 1.88. The van der Waals surface area contributed by atoms with Crippen molar-refractivity contribution in [3.63, 3.8) is 0 Å². The minimum atomic E-state index is -0.656. The molecule has 6 N–H and O–H groups in total. The maximum atomic E-state index is 13.9. The molecule has 10 nitrogen and oxygen atoms in total. The van der Waals surface area contributed by atoms with Crippen LogP contribution in [0.2, 0.25) is 5.02 Å². The summed E-state index contributed by atoms with van der Waals surface area (Å²) >= 11 is 6.16. The highest BCUT2D eigenvalue weighted by molar-refractivity contribution is 6.35. The van der Waals surface area contributed by atoms with Crippen LogP contribution in [0.15, 0.2) is 16.9 Å². The zero-order valence-electron chi connectivity index (χ0n) is 16.3. The van der Waals surface area contributed by atoms with Gasteiger partial charge in [-0.15, -0.1) is 0 Å². The first kappa shape index (κ1) is 20.8. The standard InChI is InChI=1S/C19H18ClFN8O2/c1-7(25-16-12(6-22)15(23)27-19(24)28-16)17-26-14-11(2-8(21)3-13(14)20)18(31)29(17)9-4-10(30)5-9/h2-3,7,9-10,30H,4-5H2,1H3,(H5,23,24,25,27,28)/t7-,9-,10+/m0/s1. The number of aliphatic hydroxyl groups excluding tert-OH is 1. The highest BCUT2D eigenvalue weighted by Crippen LogP contribution is 2.35. The minimum absolute atomic E-state index is 0.00472. The number of halogens is 2.